The minimum absolute atomic E-state index is 0. The topological polar surface area (TPSA) is 74.6 Å². The van der Waals surface area contributed by atoms with Gasteiger partial charge in [-0.25, -0.2) is 9.59 Å². The molecule has 5 heteroatoms. The van der Waals surface area contributed by atoms with Crippen LogP contribution in [-0.2, 0) is 9.59 Å². The molecule has 0 unspecified atom stereocenters. The average Bonchev–Trinajstić information content (AvgIpc) is 1.36. The van der Waals surface area contributed by atoms with E-state index in [9.17, 15) is 0 Å². The Morgan fingerprint density at radius 3 is 1.14 bits per heavy atom. The minimum Gasteiger partial charge on any atom is -0.473 e. The fraction of sp³-hybridized carbons (Fsp3) is 0. The molecule has 0 saturated carbocycles. The molecule has 4 nitrogen and oxygen atoms in total. The molecule has 35 valence electrons. The molecule has 0 saturated heterocycles. The van der Waals surface area contributed by atoms with E-state index in [0.29, 0.717) is 0 Å². The first-order chi connectivity index (χ1) is 2.64. The molecule has 0 fully saturated rings. The molecule has 0 aliphatic carbocycles. The summed E-state index contributed by atoms with van der Waals surface area (Å²) in [5.41, 5.74) is 0. The third-order valence-corrected chi connectivity index (χ3v) is 0.183. The van der Waals surface area contributed by atoms with Gasteiger partial charge in [-0.15, -0.1) is 0 Å². The Hall–Kier alpha value is 0.576. The summed E-state index contributed by atoms with van der Waals surface area (Å²) in [6.07, 6.45) is 0. The third-order valence-electron chi connectivity index (χ3n) is 0.183. The van der Waals surface area contributed by atoms with Crippen LogP contribution in [0.15, 0.2) is 0 Å². The standard InChI is InChI=1S/C2H2O4.K/c3-1(4)2(5)6;/h(H,3,4)(H,5,6);. The first kappa shape index (κ1) is 10.5. The first-order valence-electron chi connectivity index (χ1n) is 1.11. The second-order valence-electron chi connectivity index (χ2n) is 0.610. The van der Waals surface area contributed by atoms with Gasteiger partial charge in [0.1, 0.15) is 0 Å². The van der Waals surface area contributed by atoms with E-state index in [0.717, 1.165) is 0 Å². The third kappa shape index (κ3) is 6.58. The van der Waals surface area contributed by atoms with Gasteiger partial charge in [0.05, 0.1) is 0 Å². The van der Waals surface area contributed by atoms with Crippen molar-refractivity contribution in [2.75, 3.05) is 0 Å². The van der Waals surface area contributed by atoms with E-state index in [2.05, 4.69) is 0 Å². The van der Waals surface area contributed by atoms with E-state index in [-0.39, 0.29) is 51.4 Å². The van der Waals surface area contributed by atoms with Gasteiger partial charge in [0.2, 0.25) is 0 Å². The molecule has 0 aromatic rings. The Labute approximate surface area is 81.9 Å². The monoisotopic (exact) mass is 129 g/mol. The number of aliphatic carboxylic acids is 2. The largest absolute Gasteiger partial charge is 0.473 e. The van der Waals surface area contributed by atoms with Gasteiger partial charge < -0.3 is 10.2 Å². The van der Waals surface area contributed by atoms with Crippen molar-refractivity contribution >= 4 is 63.3 Å². The van der Waals surface area contributed by atoms with Crippen LogP contribution in [0.2, 0.25) is 0 Å². The van der Waals surface area contributed by atoms with Gasteiger partial charge in [0.15, 0.2) is 0 Å². The summed E-state index contributed by atoms with van der Waals surface area (Å²) in [4.78, 5) is 18.2. The number of carbonyl (C=O) groups is 2. The van der Waals surface area contributed by atoms with Crippen molar-refractivity contribution in [3.8, 4) is 0 Å². The molecule has 0 amide bonds. The van der Waals surface area contributed by atoms with Gasteiger partial charge in [-0.2, -0.15) is 0 Å². The molecule has 0 aliphatic rings. The van der Waals surface area contributed by atoms with E-state index in [1.165, 1.54) is 0 Å². The SMILES string of the molecule is O=C(O)C(=O)O.[K]. The van der Waals surface area contributed by atoms with E-state index in [1.54, 1.807) is 0 Å². The van der Waals surface area contributed by atoms with Crippen molar-refractivity contribution < 1.29 is 19.8 Å². The quantitative estimate of drug-likeness (QED) is 0.317. The van der Waals surface area contributed by atoms with Crippen molar-refractivity contribution in [3.05, 3.63) is 0 Å². The van der Waals surface area contributed by atoms with Crippen molar-refractivity contribution in [1.29, 1.82) is 0 Å². The van der Waals surface area contributed by atoms with E-state index in [4.69, 9.17) is 19.8 Å². The summed E-state index contributed by atoms with van der Waals surface area (Å²) in [5.74, 6) is -3.65. The van der Waals surface area contributed by atoms with Crippen molar-refractivity contribution in [1.82, 2.24) is 0 Å². The summed E-state index contributed by atoms with van der Waals surface area (Å²) in [7, 11) is 0. The fourth-order valence-electron chi connectivity index (χ4n) is 0. The van der Waals surface area contributed by atoms with Crippen LogP contribution >= 0.6 is 0 Å². The van der Waals surface area contributed by atoms with Gasteiger partial charge >= 0.3 is 11.9 Å². The van der Waals surface area contributed by atoms with Crippen molar-refractivity contribution in [2.45, 2.75) is 0 Å². The predicted octanol–water partition coefficient (Wildman–Crippen LogP) is -1.23. The molecule has 0 spiro atoms. The molecule has 0 bridgehead atoms. The molecule has 1 radical (unpaired) electrons. The van der Waals surface area contributed by atoms with Crippen LogP contribution in [0.25, 0.3) is 0 Å². The van der Waals surface area contributed by atoms with Crippen LogP contribution in [0.5, 0.6) is 0 Å². The summed E-state index contributed by atoms with van der Waals surface area (Å²) in [5, 5.41) is 14.8. The number of hydrogen-bond donors (Lipinski definition) is 2. The number of hydrogen-bond acceptors (Lipinski definition) is 2. The molecule has 0 heterocycles. The van der Waals surface area contributed by atoms with Gasteiger partial charge in [-0.1, -0.05) is 0 Å². The van der Waals surface area contributed by atoms with Crippen LogP contribution in [0.4, 0.5) is 0 Å². The average molecular weight is 129 g/mol. The zero-order valence-electron chi connectivity index (χ0n) is 3.71. The Bertz CT molecular complexity index is 75.7. The molecule has 7 heavy (non-hydrogen) atoms. The summed E-state index contributed by atoms with van der Waals surface area (Å²) in [6, 6.07) is 0. The van der Waals surface area contributed by atoms with Crippen molar-refractivity contribution in [2.24, 2.45) is 0 Å². The first-order valence-corrected chi connectivity index (χ1v) is 1.11. The summed E-state index contributed by atoms with van der Waals surface area (Å²) < 4.78 is 0. The smallest absolute Gasteiger partial charge is 0.414 e. The van der Waals surface area contributed by atoms with Crippen molar-refractivity contribution in [3.63, 3.8) is 0 Å². The van der Waals surface area contributed by atoms with E-state index >= 15 is 0 Å². The summed E-state index contributed by atoms with van der Waals surface area (Å²) >= 11 is 0. The van der Waals surface area contributed by atoms with Crippen LogP contribution in [-0.4, -0.2) is 73.5 Å². The molecule has 0 aromatic heterocycles. The Balaban J connectivity index is 0. The van der Waals surface area contributed by atoms with Crippen LogP contribution < -0.4 is 0 Å². The predicted molar refractivity (Wildman–Crippen MR) is 21.0 cm³/mol. The van der Waals surface area contributed by atoms with Crippen LogP contribution in [0.1, 0.15) is 0 Å². The van der Waals surface area contributed by atoms with Gasteiger partial charge in [0, 0.05) is 51.4 Å². The van der Waals surface area contributed by atoms with Gasteiger partial charge in [0.25, 0.3) is 0 Å². The zero-order valence-corrected chi connectivity index (χ0v) is 6.83. The number of carboxylic acid groups (broad SMARTS) is 2. The molecule has 0 atom stereocenters. The second-order valence-corrected chi connectivity index (χ2v) is 0.610. The second kappa shape index (κ2) is 4.73. The van der Waals surface area contributed by atoms with Crippen LogP contribution in [0, 0.1) is 0 Å². The zero-order chi connectivity index (χ0) is 5.15. The normalized spacial score (nSPS) is 6.29. The van der Waals surface area contributed by atoms with E-state index < -0.39 is 11.9 Å². The fourth-order valence-corrected chi connectivity index (χ4v) is 0. The Morgan fingerprint density at radius 2 is 1.14 bits per heavy atom. The van der Waals surface area contributed by atoms with Crippen LogP contribution in [0.3, 0.4) is 0 Å². The molecule has 0 rings (SSSR count). The maximum Gasteiger partial charge on any atom is 0.414 e. The number of rotatable bonds is 0. The maximum absolute atomic E-state index is 9.10. The number of carboxylic acids is 2. The molecule has 0 aliphatic heterocycles. The van der Waals surface area contributed by atoms with Gasteiger partial charge in [-0.05, 0) is 0 Å². The Kier molecular flexibility index (Phi) is 7.12. The molecular weight excluding hydrogens is 127 g/mol. The summed E-state index contributed by atoms with van der Waals surface area (Å²) in [6.45, 7) is 0. The molecule has 2 N–H and O–H groups in total. The van der Waals surface area contributed by atoms with Gasteiger partial charge in [-0.3, -0.25) is 0 Å². The Morgan fingerprint density at radius 1 is 1.00 bits per heavy atom. The maximum atomic E-state index is 9.10. The minimum atomic E-state index is -1.82. The molecule has 0 aromatic carbocycles. The van der Waals surface area contributed by atoms with E-state index in [1.807, 2.05) is 0 Å². The molecular formula is C2H2KO4.